The molecule has 0 fully saturated rings. The molecule has 0 aliphatic heterocycles. The number of aryl methyl sites for hydroxylation is 1. The van der Waals surface area contributed by atoms with E-state index >= 15 is 0 Å². The minimum absolute atomic E-state index is 0.161. The van der Waals surface area contributed by atoms with Gasteiger partial charge in [-0.05, 0) is 36.7 Å². The lowest BCUT2D eigenvalue weighted by Gasteiger charge is -2.15. The van der Waals surface area contributed by atoms with Crippen molar-refractivity contribution in [2.45, 2.75) is 26.3 Å². The molecular formula is C15H19N5O. The van der Waals surface area contributed by atoms with E-state index < -0.39 is 0 Å². The van der Waals surface area contributed by atoms with Crippen LogP contribution in [0.1, 0.15) is 18.9 Å². The Morgan fingerprint density at radius 3 is 2.86 bits per heavy atom. The Balaban J connectivity index is 2.37. The molecule has 1 aromatic heterocycles. The van der Waals surface area contributed by atoms with E-state index in [0.717, 1.165) is 12.0 Å². The highest BCUT2D eigenvalue weighted by Gasteiger charge is 2.11. The number of hydrogen-bond acceptors (Lipinski definition) is 6. The molecule has 0 bridgehead atoms. The predicted octanol–water partition coefficient (Wildman–Crippen LogP) is 3.00. The number of nitrogens with zero attached hydrogens (tertiary/aromatic N) is 3. The van der Waals surface area contributed by atoms with Crippen LogP contribution >= 0.6 is 0 Å². The monoisotopic (exact) mass is 285 g/mol. The van der Waals surface area contributed by atoms with E-state index in [-0.39, 0.29) is 6.04 Å². The molecule has 0 saturated heterocycles. The van der Waals surface area contributed by atoms with E-state index in [9.17, 15) is 4.91 Å². The average Bonchev–Trinajstić information content (AvgIpc) is 2.52. The average molecular weight is 285 g/mol. The molecule has 3 N–H and O–H groups in total. The second kappa shape index (κ2) is 6.90. The van der Waals surface area contributed by atoms with Crippen LogP contribution in [0.3, 0.4) is 0 Å². The number of nitrogens with two attached hydrogens (primary N) is 1. The number of hydrogen-bond donors (Lipinski definition) is 2. The van der Waals surface area contributed by atoms with Gasteiger partial charge in [0.1, 0.15) is 11.5 Å². The zero-order chi connectivity index (χ0) is 15.2. The van der Waals surface area contributed by atoms with E-state index in [1.54, 1.807) is 18.3 Å². The van der Waals surface area contributed by atoms with Gasteiger partial charge in [0.2, 0.25) is 0 Å². The molecule has 0 amide bonds. The Morgan fingerprint density at radius 1 is 1.38 bits per heavy atom. The molecule has 2 rings (SSSR count). The summed E-state index contributed by atoms with van der Waals surface area (Å²) in [5.41, 5.74) is 7.68. The predicted molar refractivity (Wildman–Crippen MR) is 84.4 cm³/mol. The highest BCUT2D eigenvalue weighted by molar-refractivity contribution is 5.72. The summed E-state index contributed by atoms with van der Waals surface area (Å²) in [7, 11) is 0. The molecule has 0 spiro atoms. The molecule has 1 heterocycles. The van der Waals surface area contributed by atoms with Crippen LogP contribution in [0.4, 0.5) is 11.5 Å². The Bertz CT molecular complexity index is 625. The number of nitrogens with one attached hydrogen (secondary N) is 1. The number of benzene rings is 1. The Kier molecular flexibility index (Phi) is 4.94. The first kappa shape index (κ1) is 15.1. The Hall–Kier alpha value is -2.34. The summed E-state index contributed by atoms with van der Waals surface area (Å²) in [4.78, 5) is 19.6. The van der Waals surface area contributed by atoms with Gasteiger partial charge < -0.3 is 11.1 Å². The van der Waals surface area contributed by atoms with E-state index in [4.69, 9.17) is 5.73 Å². The topological polar surface area (TPSA) is 93.3 Å². The summed E-state index contributed by atoms with van der Waals surface area (Å²) >= 11 is 0. The summed E-state index contributed by atoms with van der Waals surface area (Å²) in [6, 6.07) is 7.32. The molecule has 2 aromatic rings. The second-order valence-corrected chi connectivity index (χ2v) is 4.86. The highest BCUT2D eigenvalue weighted by atomic mass is 16.3. The third-order valence-electron chi connectivity index (χ3n) is 3.28. The molecule has 1 atom stereocenters. The highest BCUT2D eigenvalue weighted by Crippen LogP contribution is 2.29. The Labute approximate surface area is 123 Å². The van der Waals surface area contributed by atoms with Gasteiger partial charge in [-0.1, -0.05) is 18.6 Å². The molecule has 6 nitrogen and oxygen atoms in total. The molecule has 0 aliphatic carbocycles. The van der Waals surface area contributed by atoms with Gasteiger partial charge in [0.15, 0.2) is 5.82 Å². The van der Waals surface area contributed by atoms with Crippen molar-refractivity contribution in [3.05, 3.63) is 40.9 Å². The third kappa shape index (κ3) is 3.61. The zero-order valence-corrected chi connectivity index (χ0v) is 12.2. The van der Waals surface area contributed by atoms with Gasteiger partial charge in [0.25, 0.3) is 0 Å². The van der Waals surface area contributed by atoms with Crippen molar-refractivity contribution in [2.24, 2.45) is 10.9 Å². The largest absolute Gasteiger partial charge is 0.366 e. The van der Waals surface area contributed by atoms with Gasteiger partial charge in [-0.25, -0.2) is 9.97 Å². The molecule has 0 radical (unpaired) electrons. The van der Waals surface area contributed by atoms with Crippen molar-refractivity contribution < 1.29 is 0 Å². The van der Waals surface area contributed by atoms with Crippen LogP contribution in [0.5, 0.6) is 0 Å². The van der Waals surface area contributed by atoms with Gasteiger partial charge in [-0.3, -0.25) is 0 Å². The van der Waals surface area contributed by atoms with E-state index in [1.165, 1.54) is 0 Å². The minimum Gasteiger partial charge on any atom is -0.366 e. The molecular weight excluding hydrogens is 266 g/mol. The van der Waals surface area contributed by atoms with Gasteiger partial charge in [-0.15, -0.1) is 4.91 Å². The summed E-state index contributed by atoms with van der Waals surface area (Å²) in [5.74, 6) is 1.17. The summed E-state index contributed by atoms with van der Waals surface area (Å²) in [5, 5.41) is 6.30. The van der Waals surface area contributed by atoms with Crippen molar-refractivity contribution in [3.8, 4) is 11.4 Å². The maximum Gasteiger partial charge on any atom is 0.163 e. The molecule has 0 saturated carbocycles. The lowest BCUT2D eigenvalue weighted by atomic mass is 10.1. The number of anilines is 1. The van der Waals surface area contributed by atoms with Gasteiger partial charge >= 0.3 is 0 Å². The SMILES string of the molecule is CCC(CN)Nc1ccnc(-c2cc(C)ccc2N=O)n1. The molecule has 6 heteroatoms. The van der Waals surface area contributed by atoms with Gasteiger partial charge in [0, 0.05) is 24.3 Å². The maximum absolute atomic E-state index is 10.9. The number of aromatic nitrogens is 2. The normalized spacial score (nSPS) is 12.0. The molecule has 1 aromatic carbocycles. The fraction of sp³-hybridized carbons (Fsp3) is 0.333. The van der Waals surface area contributed by atoms with Crippen LogP contribution in [0, 0.1) is 11.8 Å². The Morgan fingerprint density at radius 2 is 2.19 bits per heavy atom. The minimum atomic E-state index is 0.161. The summed E-state index contributed by atoms with van der Waals surface area (Å²) in [6.07, 6.45) is 2.56. The number of rotatable bonds is 6. The fourth-order valence-corrected chi connectivity index (χ4v) is 2.01. The zero-order valence-electron chi connectivity index (χ0n) is 12.2. The van der Waals surface area contributed by atoms with Crippen LogP contribution in [0.25, 0.3) is 11.4 Å². The molecule has 110 valence electrons. The first-order chi connectivity index (χ1) is 10.2. The summed E-state index contributed by atoms with van der Waals surface area (Å²) < 4.78 is 0. The van der Waals surface area contributed by atoms with Crippen LogP contribution in [0.2, 0.25) is 0 Å². The quantitative estimate of drug-likeness (QED) is 0.796. The maximum atomic E-state index is 10.9. The molecule has 0 aliphatic rings. The first-order valence-electron chi connectivity index (χ1n) is 6.92. The smallest absolute Gasteiger partial charge is 0.163 e. The van der Waals surface area contributed by atoms with Crippen LogP contribution in [-0.4, -0.2) is 22.6 Å². The van der Waals surface area contributed by atoms with Crippen LogP contribution in [0.15, 0.2) is 35.6 Å². The van der Waals surface area contributed by atoms with Gasteiger partial charge in [0.05, 0.1) is 0 Å². The first-order valence-corrected chi connectivity index (χ1v) is 6.92. The third-order valence-corrected chi connectivity index (χ3v) is 3.28. The van der Waals surface area contributed by atoms with Crippen molar-refractivity contribution in [3.63, 3.8) is 0 Å². The summed E-state index contributed by atoms with van der Waals surface area (Å²) in [6.45, 7) is 4.53. The standard InChI is InChI=1S/C15H19N5O/c1-3-11(9-16)18-14-6-7-17-15(19-14)12-8-10(2)4-5-13(12)20-21/h4-8,11H,3,9,16H2,1-2H3,(H,17,18,19). The van der Waals surface area contributed by atoms with Crippen molar-refractivity contribution >= 4 is 11.5 Å². The van der Waals surface area contributed by atoms with Crippen molar-refractivity contribution in [2.75, 3.05) is 11.9 Å². The van der Waals surface area contributed by atoms with E-state index in [2.05, 4.69) is 27.4 Å². The molecule has 21 heavy (non-hydrogen) atoms. The molecule has 1 unspecified atom stereocenters. The van der Waals surface area contributed by atoms with Crippen molar-refractivity contribution in [1.82, 2.24) is 9.97 Å². The second-order valence-electron chi connectivity index (χ2n) is 4.86. The van der Waals surface area contributed by atoms with E-state index in [0.29, 0.717) is 29.4 Å². The number of nitroso groups, excluding NO2 is 1. The van der Waals surface area contributed by atoms with E-state index in [1.807, 2.05) is 19.1 Å². The fourth-order valence-electron chi connectivity index (χ4n) is 2.01. The van der Waals surface area contributed by atoms with Crippen LogP contribution < -0.4 is 11.1 Å². The lowest BCUT2D eigenvalue weighted by molar-refractivity contribution is 0.700. The lowest BCUT2D eigenvalue weighted by Crippen LogP contribution is -2.28. The van der Waals surface area contributed by atoms with Crippen molar-refractivity contribution in [1.29, 1.82) is 0 Å². The van der Waals surface area contributed by atoms with Crippen LogP contribution in [-0.2, 0) is 0 Å². The van der Waals surface area contributed by atoms with Gasteiger partial charge in [-0.2, -0.15) is 0 Å².